The number of halogens is 1. The molecule has 6 heteroatoms. The number of nitrogen functional groups attached to an aromatic ring is 1. The van der Waals surface area contributed by atoms with Crippen LogP contribution < -0.4 is 16.4 Å². The molecule has 0 atom stereocenters. The highest BCUT2D eigenvalue weighted by Crippen LogP contribution is 2.12. The van der Waals surface area contributed by atoms with Crippen LogP contribution in [-0.4, -0.2) is 24.9 Å². The Hall–Kier alpha value is -1.75. The summed E-state index contributed by atoms with van der Waals surface area (Å²) in [7, 11) is 0. The molecule has 0 spiro atoms. The summed E-state index contributed by atoms with van der Waals surface area (Å²) < 4.78 is 0. The number of aryl methyl sites for hydroxylation is 1. The summed E-state index contributed by atoms with van der Waals surface area (Å²) in [5.74, 6) is -0.246. The Morgan fingerprint density at radius 3 is 2.40 bits per heavy atom. The number of rotatable bonds is 5. The first kappa shape index (κ1) is 18.2. The minimum atomic E-state index is -0.177. The molecule has 5 nitrogen and oxygen atoms in total. The van der Waals surface area contributed by atoms with Gasteiger partial charge in [0.05, 0.1) is 0 Å². The van der Waals surface area contributed by atoms with Crippen LogP contribution in [0.5, 0.6) is 0 Å². The van der Waals surface area contributed by atoms with Gasteiger partial charge in [-0.25, -0.2) is 0 Å². The molecule has 1 aromatic rings. The van der Waals surface area contributed by atoms with Crippen molar-refractivity contribution in [3.8, 4) is 0 Å². The van der Waals surface area contributed by atoms with Crippen LogP contribution in [0.2, 0.25) is 0 Å². The van der Waals surface area contributed by atoms with Crippen molar-refractivity contribution >= 4 is 29.9 Å². The Morgan fingerprint density at radius 1 is 1.20 bits per heavy atom. The van der Waals surface area contributed by atoms with Crippen molar-refractivity contribution in [2.75, 3.05) is 18.8 Å². The van der Waals surface area contributed by atoms with Crippen molar-refractivity contribution in [1.82, 2.24) is 10.6 Å². The van der Waals surface area contributed by atoms with Crippen LogP contribution in [0, 0.1) is 12.8 Å². The molecular formula is C14H22ClN3O2. The van der Waals surface area contributed by atoms with Gasteiger partial charge in [0.1, 0.15) is 0 Å². The van der Waals surface area contributed by atoms with Crippen molar-refractivity contribution in [2.24, 2.45) is 5.92 Å². The van der Waals surface area contributed by atoms with Gasteiger partial charge in [-0.3, -0.25) is 9.59 Å². The third kappa shape index (κ3) is 5.48. The highest BCUT2D eigenvalue weighted by molar-refractivity contribution is 5.96. The molecule has 4 N–H and O–H groups in total. The molecule has 0 unspecified atom stereocenters. The molecule has 0 aliphatic carbocycles. The lowest BCUT2D eigenvalue weighted by atomic mass is 10.1. The number of nitrogens with two attached hydrogens (primary N) is 1. The smallest absolute Gasteiger partial charge is 0.251 e. The lowest BCUT2D eigenvalue weighted by Crippen LogP contribution is -2.36. The third-order valence-corrected chi connectivity index (χ3v) is 2.74. The second-order valence-corrected chi connectivity index (χ2v) is 4.78. The Morgan fingerprint density at radius 2 is 1.80 bits per heavy atom. The van der Waals surface area contributed by atoms with Gasteiger partial charge in [-0.2, -0.15) is 0 Å². The molecule has 0 saturated heterocycles. The van der Waals surface area contributed by atoms with E-state index in [1.165, 1.54) is 0 Å². The topological polar surface area (TPSA) is 84.2 Å². The Balaban J connectivity index is 0.00000361. The van der Waals surface area contributed by atoms with E-state index in [0.29, 0.717) is 24.3 Å². The first-order valence-corrected chi connectivity index (χ1v) is 6.34. The maximum Gasteiger partial charge on any atom is 0.251 e. The quantitative estimate of drug-likeness (QED) is 0.569. The van der Waals surface area contributed by atoms with E-state index in [4.69, 9.17) is 5.73 Å². The number of hydrogen-bond donors (Lipinski definition) is 3. The number of amides is 2. The molecule has 0 aliphatic heterocycles. The van der Waals surface area contributed by atoms with Gasteiger partial charge in [0.15, 0.2) is 0 Å². The standard InChI is InChI=1S/C14H21N3O2.ClH/c1-9(2)13(18)16-6-7-17-14(19)12-8-11(15)5-4-10(12)3;/h4-5,8-9H,6-7,15H2,1-3H3,(H,16,18)(H,17,19);1H. The molecule has 0 aromatic heterocycles. The highest BCUT2D eigenvalue weighted by Gasteiger charge is 2.09. The van der Waals surface area contributed by atoms with Gasteiger partial charge in [0.2, 0.25) is 5.91 Å². The van der Waals surface area contributed by atoms with Crippen LogP contribution in [0.1, 0.15) is 29.8 Å². The predicted molar refractivity (Wildman–Crippen MR) is 83.0 cm³/mol. The molecule has 0 heterocycles. The fraction of sp³-hybridized carbons (Fsp3) is 0.429. The Kier molecular flexibility index (Phi) is 7.69. The zero-order valence-electron chi connectivity index (χ0n) is 12.0. The van der Waals surface area contributed by atoms with Crippen molar-refractivity contribution in [3.63, 3.8) is 0 Å². The van der Waals surface area contributed by atoms with Crippen LogP contribution in [0.3, 0.4) is 0 Å². The third-order valence-electron chi connectivity index (χ3n) is 2.74. The predicted octanol–water partition coefficient (Wildman–Crippen LogP) is 1.50. The van der Waals surface area contributed by atoms with Crippen LogP contribution in [-0.2, 0) is 4.79 Å². The zero-order chi connectivity index (χ0) is 14.4. The highest BCUT2D eigenvalue weighted by atomic mass is 35.5. The second-order valence-electron chi connectivity index (χ2n) is 4.78. The van der Waals surface area contributed by atoms with Crippen molar-refractivity contribution in [2.45, 2.75) is 20.8 Å². The molecule has 1 aromatic carbocycles. The maximum absolute atomic E-state index is 11.9. The summed E-state index contributed by atoms with van der Waals surface area (Å²) in [6, 6.07) is 5.22. The fourth-order valence-electron chi connectivity index (χ4n) is 1.55. The molecule has 2 amide bonds. The number of hydrogen-bond acceptors (Lipinski definition) is 3. The Bertz CT molecular complexity index is 475. The van der Waals surface area contributed by atoms with Crippen LogP contribution in [0.15, 0.2) is 18.2 Å². The number of carbonyl (C=O) groups excluding carboxylic acids is 2. The van der Waals surface area contributed by atoms with Gasteiger partial charge >= 0.3 is 0 Å². The number of carbonyl (C=O) groups is 2. The van der Waals surface area contributed by atoms with Gasteiger partial charge in [0, 0.05) is 30.3 Å². The number of nitrogens with one attached hydrogen (secondary N) is 2. The maximum atomic E-state index is 11.9. The van der Waals surface area contributed by atoms with E-state index in [2.05, 4.69) is 10.6 Å². The normalized spacial score (nSPS) is 9.80. The number of anilines is 1. The van der Waals surface area contributed by atoms with Crippen LogP contribution in [0.25, 0.3) is 0 Å². The minimum Gasteiger partial charge on any atom is -0.399 e. The van der Waals surface area contributed by atoms with E-state index in [1.807, 2.05) is 26.8 Å². The summed E-state index contributed by atoms with van der Waals surface area (Å²) in [6.45, 7) is 6.32. The van der Waals surface area contributed by atoms with E-state index in [9.17, 15) is 9.59 Å². The molecule has 0 radical (unpaired) electrons. The van der Waals surface area contributed by atoms with Gasteiger partial charge in [-0.15, -0.1) is 12.4 Å². The average molecular weight is 300 g/mol. The van der Waals surface area contributed by atoms with Gasteiger partial charge < -0.3 is 16.4 Å². The van der Waals surface area contributed by atoms with Crippen molar-refractivity contribution < 1.29 is 9.59 Å². The average Bonchev–Trinajstić information content (AvgIpc) is 2.36. The van der Waals surface area contributed by atoms with Crippen molar-refractivity contribution in [3.05, 3.63) is 29.3 Å². The minimum absolute atomic E-state index is 0. The van der Waals surface area contributed by atoms with E-state index in [-0.39, 0.29) is 30.1 Å². The summed E-state index contributed by atoms with van der Waals surface area (Å²) in [6.07, 6.45) is 0. The largest absolute Gasteiger partial charge is 0.399 e. The summed E-state index contributed by atoms with van der Waals surface area (Å²) in [5, 5.41) is 5.49. The van der Waals surface area contributed by atoms with Gasteiger partial charge in [-0.1, -0.05) is 19.9 Å². The lowest BCUT2D eigenvalue weighted by Gasteiger charge is -2.10. The second kappa shape index (κ2) is 8.43. The van der Waals surface area contributed by atoms with Crippen LogP contribution in [0.4, 0.5) is 5.69 Å². The molecule has 1 rings (SSSR count). The SMILES string of the molecule is Cc1ccc(N)cc1C(=O)NCCNC(=O)C(C)C.Cl. The summed E-state index contributed by atoms with van der Waals surface area (Å²) in [5.41, 5.74) is 7.65. The molecule has 20 heavy (non-hydrogen) atoms. The molecule has 112 valence electrons. The van der Waals surface area contributed by atoms with E-state index in [1.54, 1.807) is 12.1 Å². The van der Waals surface area contributed by atoms with Crippen molar-refractivity contribution in [1.29, 1.82) is 0 Å². The first-order valence-electron chi connectivity index (χ1n) is 6.34. The summed E-state index contributed by atoms with van der Waals surface area (Å²) >= 11 is 0. The fourth-order valence-corrected chi connectivity index (χ4v) is 1.55. The van der Waals surface area contributed by atoms with Gasteiger partial charge in [-0.05, 0) is 24.6 Å². The van der Waals surface area contributed by atoms with Crippen LogP contribution >= 0.6 is 12.4 Å². The molecule has 0 fully saturated rings. The molecular weight excluding hydrogens is 278 g/mol. The van der Waals surface area contributed by atoms with E-state index < -0.39 is 0 Å². The molecule has 0 saturated carbocycles. The zero-order valence-corrected chi connectivity index (χ0v) is 12.8. The lowest BCUT2D eigenvalue weighted by molar-refractivity contribution is -0.123. The molecule has 0 bridgehead atoms. The summed E-state index contributed by atoms with van der Waals surface area (Å²) in [4.78, 5) is 23.2. The first-order chi connectivity index (χ1) is 8.91. The van der Waals surface area contributed by atoms with E-state index >= 15 is 0 Å². The van der Waals surface area contributed by atoms with E-state index in [0.717, 1.165) is 5.56 Å². The van der Waals surface area contributed by atoms with Gasteiger partial charge in [0.25, 0.3) is 5.91 Å². The molecule has 0 aliphatic rings. The number of benzene rings is 1. The Labute approximate surface area is 125 Å². The monoisotopic (exact) mass is 299 g/mol.